The molecule has 1 saturated heterocycles. The molecule has 1 aliphatic heterocycles. The van der Waals surface area contributed by atoms with Gasteiger partial charge in [-0.05, 0) is 43.2 Å². The van der Waals surface area contributed by atoms with E-state index in [4.69, 9.17) is 16.3 Å². The molecule has 2 unspecified atom stereocenters. The number of nitrogens with zero attached hydrogens (tertiary/aromatic N) is 1. The summed E-state index contributed by atoms with van der Waals surface area (Å²) in [7, 11) is 1.52. The van der Waals surface area contributed by atoms with Crippen molar-refractivity contribution in [3.8, 4) is 5.75 Å². The summed E-state index contributed by atoms with van der Waals surface area (Å²) in [5.41, 5.74) is 0.615. The van der Waals surface area contributed by atoms with Gasteiger partial charge in [-0.25, -0.2) is 4.39 Å². The van der Waals surface area contributed by atoms with E-state index < -0.39 is 18.1 Å². The molecule has 2 atom stereocenters. The molecule has 128 valence electrons. The molecule has 1 aromatic carbocycles. The summed E-state index contributed by atoms with van der Waals surface area (Å²) in [4.78, 5) is 14.4. The monoisotopic (exact) mass is 369 g/mol. The molecule has 2 heterocycles. The lowest BCUT2D eigenvalue weighted by atomic mass is 10.0. The first-order valence-corrected chi connectivity index (χ1v) is 8.78. The molecule has 2 aromatic rings. The van der Waals surface area contributed by atoms with Crippen molar-refractivity contribution in [2.45, 2.75) is 24.9 Å². The topological polar surface area (TPSA) is 49.8 Å². The number of ether oxygens (including phenoxy) is 1. The summed E-state index contributed by atoms with van der Waals surface area (Å²) >= 11 is 7.45. The fraction of sp³-hybridized carbons (Fsp3) is 0.353. The standard InChI is InChI=1S/C17H17ClFNO3S/c1-23-13-5-4-10(19)9-11(13)16(14-6-7-15(18)24-14)20-8-2-3-12(20)17(21)22/h4-7,9,12,16H,2-3,8H2,1H3,(H,21,22). The third-order valence-electron chi connectivity index (χ3n) is 4.26. The number of carboxylic acid groups (broad SMARTS) is 1. The molecule has 1 N–H and O–H groups in total. The van der Waals surface area contributed by atoms with Crippen LogP contribution in [0.4, 0.5) is 4.39 Å². The number of thiophene rings is 1. The minimum Gasteiger partial charge on any atom is -0.496 e. The third-order valence-corrected chi connectivity index (χ3v) is 5.54. The number of rotatable bonds is 5. The summed E-state index contributed by atoms with van der Waals surface area (Å²) in [6, 6.07) is 6.93. The Morgan fingerprint density at radius 3 is 2.88 bits per heavy atom. The van der Waals surface area contributed by atoms with Gasteiger partial charge >= 0.3 is 5.97 Å². The number of aliphatic carboxylic acids is 1. The number of carbonyl (C=O) groups is 1. The normalized spacial score (nSPS) is 19.4. The second kappa shape index (κ2) is 7.09. The molecule has 1 fully saturated rings. The molecule has 7 heteroatoms. The highest BCUT2D eigenvalue weighted by atomic mass is 35.5. The number of halogens is 2. The molecule has 0 radical (unpaired) electrons. The van der Waals surface area contributed by atoms with Crippen LogP contribution in [0.1, 0.15) is 29.3 Å². The maximum Gasteiger partial charge on any atom is 0.320 e. The smallest absolute Gasteiger partial charge is 0.320 e. The molecule has 0 amide bonds. The largest absolute Gasteiger partial charge is 0.496 e. The van der Waals surface area contributed by atoms with Gasteiger partial charge in [0, 0.05) is 17.0 Å². The van der Waals surface area contributed by atoms with Crippen molar-refractivity contribution in [2.24, 2.45) is 0 Å². The van der Waals surface area contributed by atoms with Gasteiger partial charge in [-0.15, -0.1) is 11.3 Å². The predicted molar refractivity (Wildman–Crippen MR) is 91.5 cm³/mol. The molecule has 0 aliphatic carbocycles. The van der Waals surface area contributed by atoms with Gasteiger partial charge in [-0.3, -0.25) is 9.69 Å². The van der Waals surface area contributed by atoms with Gasteiger partial charge < -0.3 is 9.84 Å². The van der Waals surface area contributed by atoms with E-state index in [1.54, 1.807) is 12.1 Å². The number of hydrogen-bond donors (Lipinski definition) is 1. The summed E-state index contributed by atoms with van der Waals surface area (Å²) in [5, 5.41) is 9.54. The SMILES string of the molecule is COc1ccc(F)cc1C(c1ccc(Cl)s1)N1CCCC1C(=O)O. The fourth-order valence-electron chi connectivity index (χ4n) is 3.25. The van der Waals surface area contributed by atoms with E-state index in [0.717, 1.165) is 11.3 Å². The van der Waals surface area contributed by atoms with Crippen LogP contribution in [-0.4, -0.2) is 35.7 Å². The van der Waals surface area contributed by atoms with Crippen molar-refractivity contribution in [1.29, 1.82) is 0 Å². The zero-order valence-electron chi connectivity index (χ0n) is 13.0. The van der Waals surface area contributed by atoms with Crippen LogP contribution in [0.25, 0.3) is 0 Å². The number of hydrogen-bond acceptors (Lipinski definition) is 4. The molecule has 1 aliphatic rings. The minimum absolute atomic E-state index is 0.385. The van der Waals surface area contributed by atoms with Crippen molar-refractivity contribution >= 4 is 28.9 Å². The Balaban J connectivity index is 2.13. The van der Waals surface area contributed by atoms with Crippen molar-refractivity contribution in [3.05, 3.63) is 50.9 Å². The van der Waals surface area contributed by atoms with Gasteiger partial charge in [-0.1, -0.05) is 11.6 Å². The summed E-state index contributed by atoms with van der Waals surface area (Å²) in [6.45, 7) is 0.622. The number of benzene rings is 1. The lowest BCUT2D eigenvalue weighted by molar-refractivity contribution is -0.142. The van der Waals surface area contributed by atoms with Crippen LogP contribution in [0.2, 0.25) is 4.34 Å². The van der Waals surface area contributed by atoms with Crippen LogP contribution in [0.5, 0.6) is 5.75 Å². The first kappa shape index (κ1) is 17.2. The number of carboxylic acids is 1. The third kappa shape index (κ3) is 3.27. The van der Waals surface area contributed by atoms with Crippen molar-refractivity contribution in [2.75, 3.05) is 13.7 Å². The van der Waals surface area contributed by atoms with Crippen LogP contribution in [-0.2, 0) is 4.79 Å². The number of likely N-dealkylation sites (tertiary alicyclic amines) is 1. The molecular weight excluding hydrogens is 353 g/mol. The molecule has 0 saturated carbocycles. The average Bonchev–Trinajstić information content (AvgIpc) is 3.18. The lowest BCUT2D eigenvalue weighted by Crippen LogP contribution is -2.39. The van der Waals surface area contributed by atoms with Crippen molar-refractivity contribution < 1.29 is 19.0 Å². The highest BCUT2D eigenvalue weighted by Gasteiger charge is 2.38. The lowest BCUT2D eigenvalue weighted by Gasteiger charge is -2.31. The van der Waals surface area contributed by atoms with Crippen LogP contribution < -0.4 is 4.74 Å². The Morgan fingerprint density at radius 2 is 2.25 bits per heavy atom. The van der Waals surface area contributed by atoms with E-state index in [-0.39, 0.29) is 5.82 Å². The van der Waals surface area contributed by atoms with Gasteiger partial charge in [0.1, 0.15) is 17.6 Å². The zero-order valence-corrected chi connectivity index (χ0v) is 14.6. The van der Waals surface area contributed by atoms with E-state index >= 15 is 0 Å². The van der Waals surface area contributed by atoms with Crippen LogP contribution in [0.15, 0.2) is 30.3 Å². The molecule has 0 spiro atoms. The maximum atomic E-state index is 13.9. The minimum atomic E-state index is -0.865. The van der Waals surface area contributed by atoms with Crippen molar-refractivity contribution in [3.63, 3.8) is 0 Å². The number of methoxy groups -OCH3 is 1. The average molecular weight is 370 g/mol. The quantitative estimate of drug-likeness (QED) is 0.858. The summed E-state index contributed by atoms with van der Waals surface area (Å²) < 4.78 is 19.9. The van der Waals surface area contributed by atoms with Crippen LogP contribution in [0.3, 0.4) is 0 Å². The summed E-state index contributed by atoms with van der Waals surface area (Å²) in [5.74, 6) is -0.720. The molecule has 1 aromatic heterocycles. The van der Waals surface area contributed by atoms with E-state index in [1.807, 2.05) is 11.0 Å². The Kier molecular flexibility index (Phi) is 5.08. The molecule has 4 nitrogen and oxygen atoms in total. The first-order valence-electron chi connectivity index (χ1n) is 7.58. The van der Waals surface area contributed by atoms with E-state index in [0.29, 0.717) is 28.6 Å². The molecular formula is C17H17ClFNO3S. The van der Waals surface area contributed by atoms with Gasteiger partial charge in [-0.2, -0.15) is 0 Å². The molecule has 0 bridgehead atoms. The Bertz CT molecular complexity index is 751. The molecule has 24 heavy (non-hydrogen) atoms. The van der Waals surface area contributed by atoms with Gasteiger partial charge in [0.15, 0.2) is 0 Å². The Hall–Kier alpha value is -1.63. The Labute approximate surface area is 148 Å². The van der Waals surface area contributed by atoms with Gasteiger partial charge in [0.25, 0.3) is 0 Å². The van der Waals surface area contributed by atoms with Gasteiger partial charge in [0.2, 0.25) is 0 Å². The highest BCUT2D eigenvalue weighted by Crippen LogP contribution is 2.42. The van der Waals surface area contributed by atoms with E-state index in [2.05, 4.69) is 0 Å². The first-order chi connectivity index (χ1) is 11.5. The van der Waals surface area contributed by atoms with E-state index in [9.17, 15) is 14.3 Å². The maximum absolute atomic E-state index is 13.9. The second-order valence-corrected chi connectivity index (χ2v) is 7.41. The Morgan fingerprint density at radius 1 is 1.46 bits per heavy atom. The second-order valence-electron chi connectivity index (χ2n) is 5.66. The molecule has 3 rings (SSSR count). The summed E-state index contributed by atoms with van der Waals surface area (Å²) in [6.07, 6.45) is 1.35. The van der Waals surface area contributed by atoms with Crippen molar-refractivity contribution in [1.82, 2.24) is 4.90 Å². The van der Waals surface area contributed by atoms with Gasteiger partial charge in [0.05, 0.1) is 17.5 Å². The van der Waals surface area contributed by atoms with Crippen LogP contribution >= 0.6 is 22.9 Å². The van der Waals surface area contributed by atoms with Crippen LogP contribution in [0, 0.1) is 5.82 Å². The zero-order chi connectivity index (χ0) is 17.3. The predicted octanol–water partition coefficient (Wildman–Crippen LogP) is 4.19. The fourth-order valence-corrected chi connectivity index (χ4v) is 4.45. The highest BCUT2D eigenvalue weighted by molar-refractivity contribution is 7.16. The van der Waals surface area contributed by atoms with E-state index in [1.165, 1.54) is 30.6 Å².